The molecule has 3 rings (SSSR count). The molecular formula is C21H18N2OS. The first-order chi connectivity index (χ1) is 12.1. The third-order valence-electron chi connectivity index (χ3n) is 4.26. The standard InChI is InChI=1S/C21H18N2OS/c1-14-15(2)25-21(18(14)13-22)23-20(24)19(16-9-5-3-6-10-16)17-11-7-4-8-12-17/h3-12,19H,1-2H3,(H,23,24). The van der Waals surface area contributed by atoms with Crippen molar-refractivity contribution in [1.82, 2.24) is 0 Å². The maximum Gasteiger partial charge on any atom is 0.237 e. The summed E-state index contributed by atoms with van der Waals surface area (Å²) in [7, 11) is 0. The second-order valence-electron chi connectivity index (χ2n) is 5.84. The van der Waals surface area contributed by atoms with E-state index in [-0.39, 0.29) is 5.91 Å². The fourth-order valence-corrected chi connectivity index (χ4v) is 3.83. The number of benzene rings is 2. The van der Waals surface area contributed by atoms with Crippen molar-refractivity contribution < 1.29 is 4.79 Å². The zero-order valence-electron chi connectivity index (χ0n) is 14.1. The lowest BCUT2D eigenvalue weighted by molar-refractivity contribution is -0.116. The molecule has 0 aliphatic heterocycles. The zero-order valence-corrected chi connectivity index (χ0v) is 14.9. The van der Waals surface area contributed by atoms with E-state index in [4.69, 9.17) is 0 Å². The average Bonchev–Trinajstić information content (AvgIpc) is 2.90. The molecule has 0 fully saturated rings. The average molecular weight is 346 g/mol. The van der Waals surface area contributed by atoms with E-state index in [2.05, 4.69) is 11.4 Å². The van der Waals surface area contributed by atoms with Crippen LogP contribution in [-0.2, 0) is 4.79 Å². The van der Waals surface area contributed by atoms with Crippen LogP contribution in [-0.4, -0.2) is 5.91 Å². The molecular weight excluding hydrogens is 328 g/mol. The molecule has 1 aromatic heterocycles. The molecule has 0 saturated carbocycles. The van der Waals surface area contributed by atoms with Crippen LogP contribution < -0.4 is 5.32 Å². The van der Waals surface area contributed by atoms with Gasteiger partial charge in [-0.1, -0.05) is 60.7 Å². The first-order valence-corrected chi connectivity index (χ1v) is 8.84. The Hall–Kier alpha value is -2.90. The lowest BCUT2D eigenvalue weighted by Crippen LogP contribution is -2.22. The van der Waals surface area contributed by atoms with Crippen LogP contribution in [0.4, 0.5) is 5.00 Å². The van der Waals surface area contributed by atoms with Crippen LogP contribution in [0.2, 0.25) is 0 Å². The van der Waals surface area contributed by atoms with Crippen LogP contribution >= 0.6 is 11.3 Å². The monoisotopic (exact) mass is 346 g/mol. The molecule has 3 nitrogen and oxygen atoms in total. The Kier molecular flexibility index (Phi) is 4.97. The highest BCUT2D eigenvalue weighted by molar-refractivity contribution is 7.16. The number of nitrogens with one attached hydrogen (secondary N) is 1. The molecule has 0 unspecified atom stereocenters. The minimum Gasteiger partial charge on any atom is -0.316 e. The molecule has 1 N–H and O–H groups in total. The van der Waals surface area contributed by atoms with Crippen molar-refractivity contribution in [2.24, 2.45) is 0 Å². The lowest BCUT2D eigenvalue weighted by Gasteiger charge is -2.17. The number of thiophene rings is 1. The lowest BCUT2D eigenvalue weighted by atomic mass is 9.90. The third kappa shape index (κ3) is 3.47. The predicted octanol–water partition coefficient (Wildman–Crippen LogP) is 5.01. The summed E-state index contributed by atoms with van der Waals surface area (Å²) < 4.78 is 0. The summed E-state index contributed by atoms with van der Waals surface area (Å²) in [4.78, 5) is 14.1. The van der Waals surface area contributed by atoms with Gasteiger partial charge in [0.25, 0.3) is 0 Å². The number of carbonyl (C=O) groups is 1. The van der Waals surface area contributed by atoms with Crippen LogP contribution in [0.1, 0.15) is 33.0 Å². The number of nitrogens with zero attached hydrogens (tertiary/aromatic N) is 1. The van der Waals surface area contributed by atoms with Crippen LogP contribution in [0.25, 0.3) is 0 Å². The molecule has 1 amide bonds. The van der Waals surface area contributed by atoms with Crippen LogP contribution in [0.15, 0.2) is 60.7 Å². The topological polar surface area (TPSA) is 52.9 Å². The molecule has 124 valence electrons. The van der Waals surface area contributed by atoms with E-state index in [1.165, 1.54) is 11.3 Å². The maximum absolute atomic E-state index is 13.1. The normalized spacial score (nSPS) is 10.5. The molecule has 1 heterocycles. The van der Waals surface area contributed by atoms with Gasteiger partial charge in [0.05, 0.1) is 11.5 Å². The van der Waals surface area contributed by atoms with E-state index in [1.807, 2.05) is 74.5 Å². The molecule has 0 aliphatic rings. The van der Waals surface area contributed by atoms with E-state index >= 15 is 0 Å². The third-order valence-corrected chi connectivity index (χ3v) is 5.38. The summed E-state index contributed by atoms with van der Waals surface area (Å²) >= 11 is 1.45. The number of rotatable bonds is 4. The van der Waals surface area contributed by atoms with Crippen molar-refractivity contribution in [3.63, 3.8) is 0 Å². The Morgan fingerprint density at radius 3 is 2.00 bits per heavy atom. The summed E-state index contributed by atoms with van der Waals surface area (Å²) in [6, 6.07) is 21.6. The Balaban J connectivity index is 1.99. The molecule has 3 aromatic rings. The minimum absolute atomic E-state index is 0.129. The van der Waals surface area contributed by atoms with Gasteiger partial charge in [-0.25, -0.2) is 0 Å². The van der Waals surface area contributed by atoms with E-state index in [0.29, 0.717) is 10.6 Å². The quantitative estimate of drug-likeness (QED) is 0.722. The molecule has 0 aliphatic carbocycles. The fraction of sp³-hybridized carbons (Fsp3) is 0.143. The molecule has 25 heavy (non-hydrogen) atoms. The summed E-state index contributed by atoms with van der Waals surface area (Å²) in [5.41, 5.74) is 3.33. The number of anilines is 1. The van der Waals surface area contributed by atoms with Crippen LogP contribution in [0.5, 0.6) is 0 Å². The van der Waals surface area contributed by atoms with Gasteiger partial charge in [0.2, 0.25) is 5.91 Å². The SMILES string of the molecule is Cc1sc(NC(=O)C(c2ccccc2)c2ccccc2)c(C#N)c1C. The van der Waals surface area contributed by atoms with Crippen LogP contribution in [0.3, 0.4) is 0 Å². The molecule has 4 heteroatoms. The number of aryl methyl sites for hydroxylation is 1. The van der Waals surface area contributed by atoms with Gasteiger partial charge in [0, 0.05) is 4.88 Å². The van der Waals surface area contributed by atoms with Crippen molar-refractivity contribution in [3.05, 3.63) is 87.8 Å². The molecule has 0 atom stereocenters. The number of carbonyl (C=O) groups excluding carboxylic acids is 1. The van der Waals surface area contributed by atoms with Gasteiger partial charge < -0.3 is 5.32 Å². The Bertz CT molecular complexity index is 884. The molecule has 0 bridgehead atoms. The van der Waals surface area contributed by atoms with Gasteiger partial charge in [0.1, 0.15) is 11.1 Å². The minimum atomic E-state index is -0.420. The smallest absolute Gasteiger partial charge is 0.237 e. The van der Waals surface area contributed by atoms with Gasteiger partial charge in [0.15, 0.2) is 0 Å². The van der Waals surface area contributed by atoms with Gasteiger partial charge in [-0.05, 0) is 30.5 Å². The highest BCUT2D eigenvalue weighted by Crippen LogP contribution is 2.33. The number of hydrogen-bond donors (Lipinski definition) is 1. The molecule has 0 saturated heterocycles. The van der Waals surface area contributed by atoms with E-state index < -0.39 is 5.92 Å². The van der Waals surface area contributed by atoms with E-state index in [1.54, 1.807) is 0 Å². The zero-order chi connectivity index (χ0) is 17.8. The first-order valence-electron chi connectivity index (χ1n) is 8.02. The largest absolute Gasteiger partial charge is 0.316 e. The van der Waals surface area contributed by atoms with Gasteiger partial charge in [-0.2, -0.15) is 5.26 Å². The van der Waals surface area contributed by atoms with E-state index in [0.717, 1.165) is 21.6 Å². The van der Waals surface area contributed by atoms with Crippen molar-refractivity contribution in [2.45, 2.75) is 19.8 Å². The molecule has 0 radical (unpaired) electrons. The number of hydrogen-bond acceptors (Lipinski definition) is 3. The van der Waals surface area contributed by atoms with Gasteiger partial charge >= 0.3 is 0 Å². The summed E-state index contributed by atoms with van der Waals surface area (Å²) in [5, 5.41) is 13.0. The second-order valence-corrected chi connectivity index (χ2v) is 7.07. The highest BCUT2D eigenvalue weighted by Gasteiger charge is 2.24. The fourth-order valence-electron chi connectivity index (χ4n) is 2.82. The van der Waals surface area contributed by atoms with Gasteiger partial charge in [-0.3, -0.25) is 4.79 Å². The Labute approximate surface area is 151 Å². The Morgan fingerprint density at radius 1 is 1.00 bits per heavy atom. The Morgan fingerprint density at radius 2 is 1.52 bits per heavy atom. The van der Waals surface area contributed by atoms with Crippen LogP contribution in [0, 0.1) is 25.2 Å². The number of nitriles is 1. The highest BCUT2D eigenvalue weighted by atomic mass is 32.1. The maximum atomic E-state index is 13.1. The van der Waals surface area contributed by atoms with Crippen molar-refractivity contribution in [3.8, 4) is 6.07 Å². The summed E-state index contributed by atoms with van der Waals surface area (Å²) in [6.45, 7) is 3.87. The first kappa shape index (κ1) is 16.9. The van der Waals surface area contributed by atoms with Crippen molar-refractivity contribution >= 4 is 22.2 Å². The summed E-state index contributed by atoms with van der Waals surface area (Å²) in [5.74, 6) is -0.549. The predicted molar refractivity (Wildman–Crippen MR) is 102 cm³/mol. The molecule has 2 aromatic carbocycles. The second kappa shape index (κ2) is 7.33. The summed E-state index contributed by atoms with van der Waals surface area (Å²) in [6.07, 6.45) is 0. The number of amides is 1. The van der Waals surface area contributed by atoms with Crippen molar-refractivity contribution in [1.29, 1.82) is 5.26 Å². The van der Waals surface area contributed by atoms with Crippen molar-refractivity contribution in [2.75, 3.05) is 5.32 Å². The van der Waals surface area contributed by atoms with E-state index in [9.17, 15) is 10.1 Å². The molecule has 0 spiro atoms. The van der Waals surface area contributed by atoms with Gasteiger partial charge in [-0.15, -0.1) is 11.3 Å².